The first kappa shape index (κ1) is 11.7. The van der Waals surface area contributed by atoms with E-state index in [0.29, 0.717) is 18.2 Å². The molecule has 1 unspecified atom stereocenters. The van der Waals surface area contributed by atoms with Gasteiger partial charge in [-0.3, -0.25) is 4.79 Å². The summed E-state index contributed by atoms with van der Waals surface area (Å²) in [6.45, 7) is 2.75. The van der Waals surface area contributed by atoms with Gasteiger partial charge < -0.3 is 9.73 Å². The first-order valence-electron chi connectivity index (χ1n) is 5.95. The van der Waals surface area contributed by atoms with Gasteiger partial charge >= 0.3 is 0 Å². The minimum atomic E-state index is -0.151. The Kier molecular flexibility index (Phi) is 3.81. The molecule has 17 heavy (non-hydrogen) atoms. The first-order valence-corrected chi connectivity index (χ1v) is 5.95. The first-order chi connectivity index (χ1) is 8.27. The zero-order chi connectivity index (χ0) is 12.1. The third kappa shape index (κ3) is 3.09. The van der Waals surface area contributed by atoms with Crippen LogP contribution in [0, 0.1) is 5.92 Å². The van der Waals surface area contributed by atoms with Crippen LogP contribution in [0.25, 0.3) is 0 Å². The molecule has 1 amide bonds. The minimum Gasteiger partial charge on any atom is -0.459 e. The normalized spacial score (nSPS) is 16.4. The Balaban J connectivity index is 1.84. The second kappa shape index (κ2) is 5.53. The van der Waals surface area contributed by atoms with E-state index in [0.717, 1.165) is 12.8 Å². The van der Waals surface area contributed by atoms with E-state index in [1.165, 1.54) is 11.8 Å². The smallest absolute Gasteiger partial charge is 0.286 e. The van der Waals surface area contributed by atoms with Crippen molar-refractivity contribution in [2.24, 2.45) is 5.92 Å². The molecule has 0 saturated heterocycles. The van der Waals surface area contributed by atoms with E-state index < -0.39 is 0 Å². The summed E-state index contributed by atoms with van der Waals surface area (Å²) in [7, 11) is 0. The molecule has 3 heteroatoms. The number of carbonyl (C=O) groups is 1. The van der Waals surface area contributed by atoms with Crippen LogP contribution in [0.3, 0.4) is 0 Å². The van der Waals surface area contributed by atoms with Crippen molar-refractivity contribution in [3.8, 4) is 0 Å². The number of rotatable bonds is 4. The summed E-state index contributed by atoms with van der Waals surface area (Å²) in [5.74, 6) is 0.554. The van der Waals surface area contributed by atoms with E-state index in [1.54, 1.807) is 12.1 Å². The van der Waals surface area contributed by atoms with Crippen LogP contribution < -0.4 is 5.32 Å². The van der Waals surface area contributed by atoms with E-state index in [1.807, 2.05) is 0 Å². The second-order valence-corrected chi connectivity index (χ2v) is 4.27. The molecule has 0 spiro atoms. The van der Waals surface area contributed by atoms with Gasteiger partial charge in [0.25, 0.3) is 5.91 Å². The van der Waals surface area contributed by atoms with Crippen LogP contribution in [0.15, 0.2) is 46.6 Å². The van der Waals surface area contributed by atoms with Gasteiger partial charge in [0.2, 0.25) is 0 Å². The number of hydrogen-bond donors (Lipinski definition) is 1. The SMILES string of the molecule is CC(CNC(=O)c1ccco1)C1=CCCC=C1. The fourth-order valence-electron chi connectivity index (χ4n) is 1.86. The highest BCUT2D eigenvalue weighted by atomic mass is 16.3. The van der Waals surface area contributed by atoms with Crippen LogP contribution in [0.1, 0.15) is 30.3 Å². The van der Waals surface area contributed by atoms with Gasteiger partial charge in [0.15, 0.2) is 5.76 Å². The lowest BCUT2D eigenvalue weighted by atomic mass is 9.95. The van der Waals surface area contributed by atoms with Gasteiger partial charge in [0, 0.05) is 6.54 Å². The average molecular weight is 231 g/mol. The molecule has 3 nitrogen and oxygen atoms in total. The maximum absolute atomic E-state index is 11.7. The molecule has 0 saturated carbocycles. The van der Waals surface area contributed by atoms with Gasteiger partial charge in [-0.15, -0.1) is 0 Å². The van der Waals surface area contributed by atoms with Crippen molar-refractivity contribution in [1.29, 1.82) is 0 Å². The average Bonchev–Trinajstić information content (AvgIpc) is 2.90. The molecule has 90 valence electrons. The molecule has 1 aromatic heterocycles. The van der Waals surface area contributed by atoms with E-state index in [-0.39, 0.29) is 5.91 Å². The third-order valence-corrected chi connectivity index (χ3v) is 2.91. The number of allylic oxidation sites excluding steroid dienone is 3. The molecule has 1 N–H and O–H groups in total. The Labute approximate surface area is 101 Å². The molecule has 1 aliphatic rings. The Bertz CT molecular complexity index is 429. The summed E-state index contributed by atoms with van der Waals surface area (Å²) in [6.07, 6.45) is 10.3. The highest BCUT2D eigenvalue weighted by Gasteiger charge is 2.12. The Morgan fingerprint density at radius 3 is 3.06 bits per heavy atom. The third-order valence-electron chi connectivity index (χ3n) is 2.91. The van der Waals surface area contributed by atoms with Crippen LogP contribution in [-0.2, 0) is 0 Å². The van der Waals surface area contributed by atoms with Crippen molar-refractivity contribution in [3.63, 3.8) is 0 Å². The predicted octanol–water partition coefficient (Wildman–Crippen LogP) is 2.92. The van der Waals surface area contributed by atoms with Crippen molar-refractivity contribution in [2.75, 3.05) is 6.54 Å². The van der Waals surface area contributed by atoms with Crippen LogP contribution in [0.2, 0.25) is 0 Å². The lowest BCUT2D eigenvalue weighted by Crippen LogP contribution is -2.28. The molecular weight excluding hydrogens is 214 g/mol. The molecule has 1 aliphatic carbocycles. The number of nitrogens with one attached hydrogen (secondary N) is 1. The monoisotopic (exact) mass is 231 g/mol. The van der Waals surface area contributed by atoms with Crippen molar-refractivity contribution in [1.82, 2.24) is 5.32 Å². The van der Waals surface area contributed by atoms with Crippen molar-refractivity contribution in [3.05, 3.63) is 48.0 Å². The van der Waals surface area contributed by atoms with Crippen LogP contribution in [0.5, 0.6) is 0 Å². The van der Waals surface area contributed by atoms with E-state index >= 15 is 0 Å². The summed E-state index contributed by atoms with van der Waals surface area (Å²) in [5, 5.41) is 2.87. The van der Waals surface area contributed by atoms with E-state index in [4.69, 9.17) is 4.42 Å². The largest absolute Gasteiger partial charge is 0.459 e. The Morgan fingerprint density at radius 1 is 1.53 bits per heavy atom. The molecular formula is C14H17NO2. The zero-order valence-electron chi connectivity index (χ0n) is 9.98. The predicted molar refractivity (Wildman–Crippen MR) is 66.7 cm³/mol. The Hall–Kier alpha value is -1.77. The summed E-state index contributed by atoms with van der Waals surface area (Å²) < 4.78 is 5.03. The summed E-state index contributed by atoms with van der Waals surface area (Å²) in [5.41, 5.74) is 1.30. The summed E-state index contributed by atoms with van der Waals surface area (Å²) in [6, 6.07) is 3.38. The topological polar surface area (TPSA) is 42.2 Å². The van der Waals surface area contributed by atoms with E-state index in [2.05, 4.69) is 30.5 Å². The molecule has 1 atom stereocenters. The molecule has 1 aromatic rings. The minimum absolute atomic E-state index is 0.151. The highest BCUT2D eigenvalue weighted by molar-refractivity contribution is 5.91. The quantitative estimate of drug-likeness (QED) is 0.865. The van der Waals surface area contributed by atoms with Gasteiger partial charge in [-0.2, -0.15) is 0 Å². The highest BCUT2D eigenvalue weighted by Crippen LogP contribution is 2.17. The number of amides is 1. The van der Waals surface area contributed by atoms with E-state index in [9.17, 15) is 4.79 Å². The van der Waals surface area contributed by atoms with Crippen LogP contribution >= 0.6 is 0 Å². The van der Waals surface area contributed by atoms with Gasteiger partial charge in [-0.1, -0.05) is 25.2 Å². The standard InChI is InChI=1S/C14H17NO2/c1-11(12-6-3-2-4-7-12)10-15-14(16)13-8-5-9-17-13/h3,5-9,11H,2,4,10H2,1H3,(H,15,16). The number of hydrogen-bond acceptors (Lipinski definition) is 2. The molecule has 0 radical (unpaired) electrons. The van der Waals surface area contributed by atoms with Gasteiger partial charge in [0.05, 0.1) is 6.26 Å². The van der Waals surface area contributed by atoms with Crippen molar-refractivity contribution in [2.45, 2.75) is 19.8 Å². The van der Waals surface area contributed by atoms with Crippen molar-refractivity contribution >= 4 is 5.91 Å². The van der Waals surface area contributed by atoms with Crippen LogP contribution in [-0.4, -0.2) is 12.5 Å². The summed E-state index contributed by atoms with van der Waals surface area (Å²) in [4.78, 5) is 11.7. The van der Waals surface area contributed by atoms with Gasteiger partial charge in [-0.05, 0) is 36.5 Å². The lowest BCUT2D eigenvalue weighted by Gasteiger charge is -2.15. The van der Waals surface area contributed by atoms with Crippen molar-refractivity contribution < 1.29 is 9.21 Å². The zero-order valence-corrected chi connectivity index (χ0v) is 9.98. The van der Waals surface area contributed by atoms with Gasteiger partial charge in [0.1, 0.15) is 0 Å². The number of furan rings is 1. The number of carbonyl (C=O) groups excluding carboxylic acids is 1. The molecule has 0 fully saturated rings. The maximum atomic E-state index is 11.7. The second-order valence-electron chi connectivity index (χ2n) is 4.27. The van der Waals surface area contributed by atoms with Crippen LogP contribution in [0.4, 0.5) is 0 Å². The fourth-order valence-corrected chi connectivity index (χ4v) is 1.86. The Morgan fingerprint density at radius 2 is 2.41 bits per heavy atom. The molecule has 1 heterocycles. The maximum Gasteiger partial charge on any atom is 0.286 e. The fraction of sp³-hybridized carbons (Fsp3) is 0.357. The molecule has 0 aliphatic heterocycles. The summed E-state index contributed by atoms with van der Waals surface area (Å²) >= 11 is 0. The molecule has 0 bridgehead atoms. The molecule has 0 aromatic carbocycles. The lowest BCUT2D eigenvalue weighted by molar-refractivity contribution is 0.0922. The molecule has 2 rings (SSSR count). The van der Waals surface area contributed by atoms with Gasteiger partial charge in [-0.25, -0.2) is 0 Å².